The predicted octanol–water partition coefficient (Wildman–Crippen LogP) is 0.130. The minimum absolute atomic E-state index is 0.112. The summed E-state index contributed by atoms with van der Waals surface area (Å²) < 4.78 is 5.38. The SMILES string of the molecule is CC(C)(O)CNC(=O)[C@H]1OCC(=O)N[C@@H]1c1ccccc1. The number of hydrogen-bond acceptors (Lipinski definition) is 4. The first-order valence-corrected chi connectivity index (χ1v) is 6.83. The van der Waals surface area contributed by atoms with Crippen molar-refractivity contribution in [3.8, 4) is 0 Å². The molecule has 1 saturated heterocycles. The van der Waals surface area contributed by atoms with Crippen LogP contribution in [0, 0.1) is 0 Å². The summed E-state index contributed by atoms with van der Waals surface area (Å²) in [5.74, 6) is -0.610. The first kappa shape index (κ1) is 15.5. The van der Waals surface area contributed by atoms with Crippen molar-refractivity contribution in [2.45, 2.75) is 31.6 Å². The largest absolute Gasteiger partial charge is 0.389 e. The van der Waals surface area contributed by atoms with E-state index in [2.05, 4.69) is 10.6 Å². The molecule has 0 bridgehead atoms. The van der Waals surface area contributed by atoms with E-state index in [4.69, 9.17) is 4.74 Å². The van der Waals surface area contributed by atoms with Crippen molar-refractivity contribution in [1.29, 1.82) is 0 Å². The Balaban J connectivity index is 2.11. The molecule has 0 unspecified atom stereocenters. The van der Waals surface area contributed by atoms with E-state index in [0.717, 1.165) is 5.56 Å². The highest BCUT2D eigenvalue weighted by molar-refractivity contribution is 5.86. The molecule has 1 fully saturated rings. The molecule has 6 heteroatoms. The van der Waals surface area contributed by atoms with E-state index in [0.29, 0.717) is 0 Å². The Kier molecular flexibility index (Phi) is 4.59. The van der Waals surface area contributed by atoms with Gasteiger partial charge in [0.1, 0.15) is 6.61 Å². The van der Waals surface area contributed by atoms with E-state index < -0.39 is 17.7 Å². The van der Waals surface area contributed by atoms with E-state index in [1.54, 1.807) is 13.8 Å². The number of aliphatic hydroxyl groups is 1. The van der Waals surface area contributed by atoms with Gasteiger partial charge in [0, 0.05) is 6.54 Å². The van der Waals surface area contributed by atoms with Crippen LogP contribution in [0.3, 0.4) is 0 Å². The smallest absolute Gasteiger partial charge is 0.251 e. The lowest BCUT2D eigenvalue weighted by Crippen LogP contribution is -2.53. The molecule has 0 radical (unpaired) electrons. The van der Waals surface area contributed by atoms with Crippen molar-refractivity contribution in [3.05, 3.63) is 35.9 Å². The van der Waals surface area contributed by atoms with Crippen molar-refractivity contribution in [2.75, 3.05) is 13.2 Å². The van der Waals surface area contributed by atoms with Crippen LogP contribution in [-0.2, 0) is 14.3 Å². The fraction of sp³-hybridized carbons (Fsp3) is 0.467. The molecule has 0 spiro atoms. The second-order valence-electron chi connectivity index (χ2n) is 5.72. The number of rotatable bonds is 4. The fourth-order valence-corrected chi connectivity index (χ4v) is 2.10. The van der Waals surface area contributed by atoms with Gasteiger partial charge in [-0.3, -0.25) is 9.59 Å². The van der Waals surface area contributed by atoms with E-state index in [9.17, 15) is 14.7 Å². The van der Waals surface area contributed by atoms with Crippen molar-refractivity contribution in [2.24, 2.45) is 0 Å². The van der Waals surface area contributed by atoms with Crippen LogP contribution in [0.1, 0.15) is 25.5 Å². The molecule has 2 amide bonds. The summed E-state index contributed by atoms with van der Waals surface area (Å²) in [4.78, 5) is 23.8. The minimum Gasteiger partial charge on any atom is -0.389 e. The third kappa shape index (κ3) is 4.27. The van der Waals surface area contributed by atoms with Crippen LogP contribution in [0.4, 0.5) is 0 Å². The Morgan fingerprint density at radius 3 is 2.71 bits per heavy atom. The van der Waals surface area contributed by atoms with Crippen LogP contribution in [-0.4, -0.2) is 41.8 Å². The molecule has 6 nitrogen and oxygen atoms in total. The Morgan fingerprint density at radius 1 is 1.43 bits per heavy atom. The Bertz CT molecular complexity index is 510. The lowest BCUT2D eigenvalue weighted by molar-refractivity contribution is -0.148. The average molecular weight is 292 g/mol. The van der Waals surface area contributed by atoms with Gasteiger partial charge in [-0.25, -0.2) is 0 Å². The van der Waals surface area contributed by atoms with Crippen molar-refractivity contribution in [1.82, 2.24) is 10.6 Å². The molecule has 1 heterocycles. The molecule has 3 N–H and O–H groups in total. The van der Waals surface area contributed by atoms with Crippen LogP contribution in [0.15, 0.2) is 30.3 Å². The summed E-state index contributed by atoms with van der Waals surface area (Å²) in [6.07, 6.45) is -0.813. The zero-order chi connectivity index (χ0) is 15.5. The lowest BCUT2D eigenvalue weighted by Gasteiger charge is -2.32. The predicted molar refractivity (Wildman–Crippen MR) is 76.4 cm³/mol. The summed E-state index contributed by atoms with van der Waals surface area (Å²) in [6, 6.07) is 8.66. The number of ether oxygens (including phenoxy) is 1. The standard InChI is InChI=1S/C15H20N2O4/c1-15(2,20)9-16-14(19)13-12(17-11(18)8-21-13)10-6-4-3-5-7-10/h3-7,12-13,20H,8-9H2,1-2H3,(H,16,19)(H,17,18)/t12-,13+/m1/s1. The number of nitrogens with one attached hydrogen (secondary N) is 2. The van der Waals surface area contributed by atoms with Crippen LogP contribution < -0.4 is 10.6 Å². The van der Waals surface area contributed by atoms with E-state index in [1.807, 2.05) is 30.3 Å². The molecular weight excluding hydrogens is 272 g/mol. The van der Waals surface area contributed by atoms with Crippen LogP contribution in [0.25, 0.3) is 0 Å². The van der Waals surface area contributed by atoms with Gasteiger partial charge >= 0.3 is 0 Å². The maximum absolute atomic E-state index is 12.2. The monoisotopic (exact) mass is 292 g/mol. The van der Waals surface area contributed by atoms with E-state index >= 15 is 0 Å². The molecule has 2 rings (SSSR count). The highest BCUT2D eigenvalue weighted by Gasteiger charge is 2.36. The molecule has 21 heavy (non-hydrogen) atoms. The molecule has 1 aliphatic rings. The molecule has 0 aliphatic carbocycles. The summed E-state index contributed by atoms with van der Waals surface area (Å²) >= 11 is 0. The van der Waals surface area contributed by atoms with Gasteiger partial charge in [0.2, 0.25) is 5.91 Å². The molecular formula is C15H20N2O4. The molecule has 1 aromatic carbocycles. The lowest BCUT2D eigenvalue weighted by atomic mass is 9.99. The normalized spacial score (nSPS) is 22.5. The Labute approximate surface area is 123 Å². The quantitative estimate of drug-likeness (QED) is 0.736. The summed E-state index contributed by atoms with van der Waals surface area (Å²) in [6.45, 7) is 3.17. The summed E-state index contributed by atoms with van der Waals surface area (Å²) in [5, 5.41) is 15.1. The van der Waals surface area contributed by atoms with Crippen LogP contribution >= 0.6 is 0 Å². The molecule has 1 aliphatic heterocycles. The second-order valence-corrected chi connectivity index (χ2v) is 5.72. The highest BCUT2D eigenvalue weighted by atomic mass is 16.5. The Morgan fingerprint density at radius 2 is 2.10 bits per heavy atom. The van der Waals surface area contributed by atoms with Crippen molar-refractivity contribution < 1.29 is 19.4 Å². The number of benzene rings is 1. The fourth-order valence-electron chi connectivity index (χ4n) is 2.10. The topological polar surface area (TPSA) is 87.7 Å². The van der Waals surface area contributed by atoms with Gasteiger partial charge in [0.05, 0.1) is 11.6 Å². The van der Waals surface area contributed by atoms with E-state index in [1.165, 1.54) is 0 Å². The van der Waals surface area contributed by atoms with Crippen LogP contribution in [0.2, 0.25) is 0 Å². The zero-order valence-corrected chi connectivity index (χ0v) is 12.1. The minimum atomic E-state index is -1.00. The first-order valence-electron chi connectivity index (χ1n) is 6.83. The maximum Gasteiger partial charge on any atom is 0.251 e. The zero-order valence-electron chi connectivity index (χ0n) is 12.1. The summed E-state index contributed by atoms with van der Waals surface area (Å²) in [7, 11) is 0. The maximum atomic E-state index is 12.2. The van der Waals surface area contributed by atoms with E-state index in [-0.39, 0.29) is 25.0 Å². The van der Waals surface area contributed by atoms with Gasteiger partial charge in [0.15, 0.2) is 6.10 Å². The third-order valence-corrected chi connectivity index (χ3v) is 3.13. The molecule has 114 valence electrons. The second kappa shape index (κ2) is 6.24. The number of amides is 2. The van der Waals surface area contributed by atoms with Crippen molar-refractivity contribution >= 4 is 11.8 Å². The number of carbonyl (C=O) groups excluding carboxylic acids is 2. The molecule has 2 atom stereocenters. The molecule has 0 saturated carbocycles. The van der Waals surface area contributed by atoms with Gasteiger partial charge in [-0.15, -0.1) is 0 Å². The van der Waals surface area contributed by atoms with Crippen LogP contribution in [0.5, 0.6) is 0 Å². The molecule has 1 aromatic rings. The van der Waals surface area contributed by atoms with Gasteiger partial charge in [-0.2, -0.15) is 0 Å². The Hall–Kier alpha value is -1.92. The third-order valence-electron chi connectivity index (χ3n) is 3.13. The average Bonchev–Trinajstić information content (AvgIpc) is 2.45. The number of hydrogen-bond donors (Lipinski definition) is 3. The van der Waals surface area contributed by atoms with Gasteiger partial charge < -0.3 is 20.5 Å². The van der Waals surface area contributed by atoms with Gasteiger partial charge in [-0.05, 0) is 19.4 Å². The molecule has 0 aromatic heterocycles. The van der Waals surface area contributed by atoms with Gasteiger partial charge in [-0.1, -0.05) is 30.3 Å². The number of carbonyl (C=O) groups is 2. The van der Waals surface area contributed by atoms with Crippen molar-refractivity contribution in [3.63, 3.8) is 0 Å². The number of morpholine rings is 1. The highest BCUT2D eigenvalue weighted by Crippen LogP contribution is 2.22. The summed E-state index contributed by atoms with van der Waals surface area (Å²) in [5.41, 5.74) is -0.204. The van der Waals surface area contributed by atoms with Gasteiger partial charge in [0.25, 0.3) is 5.91 Å². The first-order chi connectivity index (χ1) is 9.87.